The third kappa shape index (κ3) is 2.60. The molecule has 0 saturated heterocycles. The van der Waals surface area contributed by atoms with Gasteiger partial charge in [-0.15, -0.1) is 10.2 Å². The molecule has 0 radical (unpaired) electrons. The molecule has 16 heavy (non-hydrogen) atoms. The molecule has 0 amide bonds. The lowest BCUT2D eigenvalue weighted by Gasteiger charge is -1.97. The number of benzene rings is 1. The third-order valence-electron chi connectivity index (χ3n) is 1.88. The number of nitrogens with zero attached hydrogens (tertiary/aromatic N) is 4. The van der Waals surface area contributed by atoms with Crippen molar-refractivity contribution in [3.05, 3.63) is 42.7 Å². The highest BCUT2D eigenvalue weighted by atomic mass is 16.5. The number of hydrogen-bond donors (Lipinski definition) is 0. The molecule has 0 fully saturated rings. The molecule has 2 rings (SSSR count). The largest absolute Gasteiger partial charge is 0.497 e. The molecule has 0 N–H and O–H groups in total. The summed E-state index contributed by atoms with van der Waals surface area (Å²) in [4.78, 5) is 7.86. The van der Waals surface area contributed by atoms with E-state index in [4.69, 9.17) is 4.74 Å². The SMILES string of the molecule is COc1ccc(N=Nc2ncccn2)cc1. The molecule has 5 heteroatoms. The van der Waals surface area contributed by atoms with Crippen molar-refractivity contribution in [1.29, 1.82) is 0 Å². The summed E-state index contributed by atoms with van der Waals surface area (Å²) in [6.07, 6.45) is 3.24. The van der Waals surface area contributed by atoms with E-state index in [9.17, 15) is 0 Å². The number of methoxy groups -OCH3 is 1. The van der Waals surface area contributed by atoms with Crippen molar-refractivity contribution < 1.29 is 4.74 Å². The molecule has 80 valence electrons. The van der Waals surface area contributed by atoms with E-state index in [-0.39, 0.29) is 0 Å². The van der Waals surface area contributed by atoms with Crippen LogP contribution in [-0.4, -0.2) is 17.1 Å². The predicted octanol–water partition coefficient (Wildman–Crippen LogP) is 2.90. The van der Waals surface area contributed by atoms with E-state index < -0.39 is 0 Å². The molecule has 0 bridgehead atoms. The molecule has 1 aromatic carbocycles. The van der Waals surface area contributed by atoms with Crippen molar-refractivity contribution in [2.75, 3.05) is 7.11 Å². The lowest BCUT2D eigenvalue weighted by Crippen LogP contribution is -1.79. The molecule has 0 aliphatic rings. The average molecular weight is 214 g/mol. The lowest BCUT2D eigenvalue weighted by molar-refractivity contribution is 0.415. The van der Waals surface area contributed by atoms with Crippen molar-refractivity contribution in [2.24, 2.45) is 10.2 Å². The predicted molar refractivity (Wildman–Crippen MR) is 59.2 cm³/mol. The van der Waals surface area contributed by atoms with Crippen LogP contribution >= 0.6 is 0 Å². The summed E-state index contributed by atoms with van der Waals surface area (Å²) in [5, 5.41) is 7.89. The quantitative estimate of drug-likeness (QED) is 0.738. The molecule has 1 heterocycles. The van der Waals surface area contributed by atoms with Gasteiger partial charge in [-0.2, -0.15) is 0 Å². The maximum Gasteiger partial charge on any atom is 0.268 e. The maximum absolute atomic E-state index is 5.03. The fraction of sp³-hybridized carbons (Fsp3) is 0.0909. The highest BCUT2D eigenvalue weighted by Crippen LogP contribution is 2.19. The van der Waals surface area contributed by atoms with Gasteiger partial charge in [-0.1, -0.05) is 0 Å². The van der Waals surface area contributed by atoms with Gasteiger partial charge in [0.25, 0.3) is 5.95 Å². The Labute approximate surface area is 92.9 Å². The Kier molecular flexibility index (Phi) is 3.18. The van der Waals surface area contributed by atoms with Crippen LogP contribution in [0.2, 0.25) is 0 Å². The van der Waals surface area contributed by atoms with Crippen molar-refractivity contribution in [3.63, 3.8) is 0 Å². The molecule has 1 aromatic heterocycles. The molecule has 0 spiro atoms. The van der Waals surface area contributed by atoms with Gasteiger partial charge in [0.1, 0.15) is 5.75 Å². The smallest absolute Gasteiger partial charge is 0.268 e. The number of aromatic nitrogens is 2. The van der Waals surface area contributed by atoms with Gasteiger partial charge in [0, 0.05) is 12.4 Å². The molecule has 0 aliphatic heterocycles. The summed E-state index contributed by atoms with van der Waals surface area (Å²) in [5.41, 5.74) is 0.730. The Morgan fingerprint density at radius 3 is 2.31 bits per heavy atom. The second-order valence-electron chi connectivity index (χ2n) is 2.95. The minimum Gasteiger partial charge on any atom is -0.497 e. The van der Waals surface area contributed by atoms with E-state index in [1.165, 1.54) is 0 Å². The van der Waals surface area contributed by atoms with Crippen LogP contribution in [0.5, 0.6) is 5.75 Å². The van der Waals surface area contributed by atoms with Crippen LogP contribution in [0.25, 0.3) is 0 Å². The van der Waals surface area contributed by atoms with E-state index >= 15 is 0 Å². The second-order valence-corrected chi connectivity index (χ2v) is 2.95. The van der Waals surface area contributed by atoms with Crippen LogP contribution in [0, 0.1) is 0 Å². The third-order valence-corrected chi connectivity index (χ3v) is 1.88. The van der Waals surface area contributed by atoms with Crippen LogP contribution in [0.1, 0.15) is 0 Å². The summed E-state index contributed by atoms with van der Waals surface area (Å²) in [6, 6.07) is 8.99. The first-order valence-electron chi connectivity index (χ1n) is 4.71. The Bertz CT molecular complexity index is 467. The van der Waals surface area contributed by atoms with Gasteiger partial charge in [-0.25, -0.2) is 9.97 Å². The maximum atomic E-state index is 5.03. The van der Waals surface area contributed by atoms with Gasteiger partial charge in [0.15, 0.2) is 0 Å². The van der Waals surface area contributed by atoms with Crippen molar-refractivity contribution in [1.82, 2.24) is 9.97 Å². The van der Waals surface area contributed by atoms with Crippen LogP contribution in [-0.2, 0) is 0 Å². The fourth-order valence-electron chi connectivity index (χ4n) is 1.09. The van der Waals surface area contributed by atoms with Gasteiger partial charge >= 0.3 is 0 Å². The Morgan fingerprint density at radius 2 is 1.69 bits per heavy atom. The van der Waals surface area contributed by atoms with Crippen molar-refractivity contribution in [2.45, 2.75) is 0 Å². The number of hydrogen-bond acceptors (Lipinski definition) is 5. The van der Waals surface area contributed by atoms with E-state index in [0.29, 0.717) is 5.95 Å². The highest BCUT2D eigenvalue weighted by molar-refractivity contribution is 5.40. The van der Waals surface area contributed by atoms with Gasteiger partial charge in [0.2, 0.25) is 0 Å². The minimum atomic E-state index is 0.346. The highest BCUT2D eigenvalue weighted by Gasteiger charge is 1.93. The minimum absolute atomic E-state index is 0.346. The van der Waals surface area contributed by atoms with E-state index in [1.807, 2.05) is 24.3 Å². The Morgan fingerprint density at radius 1 is 1.00 bits per heavy atom. The molecular formula is C11H10N4O. The average Bonchev–Trinajstić information content (AvgIpc) is 2.38. The lowest BCUT2D eigenvalue weighted by atomic mass is 10.3. The Balaban J connectivity index is 2.12. The molecule has 0 unspecified atom stereocenters. The topological polar surface area (TPSA) is 59.7 Å². The van der Waals surface area contributed by atoms with Crippen LogP contribution in [0.4, 0.5) is 11.6 Å². The molecular weight excluding hydrogens is 204 g/mol. The summed E-state index contributed by atoms with van der Waals surface area (Å²) in [5.74, 6) is 1.13. The molecule has 0 saturated carbocycles. The summed E-state index contributed by atoms with van der Waals surface area (Å²) < 4.78 is 5.03. The van der Waals surface area contributed by atoms with Gasteiger partial charge in [-0.3, -0.25) is 0 Å². The second kappa shape index (κ2) is 4.97. The standard InChI is InChI=1S/C11H10N4O/c1-16-10-5-3-9(4-6-10)14-15-11-12-7-2-8-13-11/h2-8H,1H3. The summed E-state index contributed by atoms with van der Waals surface area (Å²) in [7, 11) is 1.62. The van der Waals surface area contributed by atoms with Gasteiger partial charge in [0.05, 0.1) is 12.8 Å². The summed E-state index contributed by atoms with van der Waals surface area (Å²) >= 11 is 0. The zero-order valence-corrected chi connectivity index (χ0v) is 8.74. The van der Waals surface area contributed by atoms with E-state index in [1.54, 1.807) is 25.6 Å². The zero-order chi connectivity index (χ0) is 11.2. The van der Waals surface area contributed by atoms with E-state index in [0.717, 1.165) is 11.4 Å². The van der Waals surface area contributed by atoms with Crippen molar-refractivity contribution in [3.8, 4) is 5.75 Å². The Hall–Kier alpha value is -2.30. The van der Waals surface area contributed by atoms with Crippen LogP contribution < -0.4 is 4.74 Å². The normalized spacial score (nSPS) is 10.6. The molecule has 5 nitrogen and oxygen atoms in total. The zero-order valence-electron chi connectivity index (χ0n) is 8.74. The number of rotatable bonds is 3. The van der Waals surface area contributed by atoms with Crippen LogP contribution in [0.3, 0.4) is 0 Å². The monoisotopic (exact) mass is 214 g/mol. The first kappa shape index (κ1) is 10.2. The molecule has 0 aliphatic carbocycles. The number of azo groups is 1. The molecule has 2 aromatic rings. The first-order chi connectivity index (χ1) is 7.88. The van der Waals surface area contributed by atoms with E-state index in [2.05, 4.69) is 20.2 Å². The first-order valence-corrected chi connectivity index (χ1v) is 4.71. The fourth-order valence-corrected chi connectivity index (χ4v) is 1.09. The molecule has 0 atom stereocenters. The van der Waals surface area contributed by atoms with Gasteiger partial charge < -0.3 is 4.74 Å². The van der Waals surface area contributed by atoms with Crippen molar-refractivity contribution >= 4 is 11.6 Å². The summed E-state index contributed by atoms with van der Waals surface area (Å²) in [6.45, 7) is 0. The van der Waals surface area contributed by atoms with Gasteiger partial charge in [-0.05, 0) is 30.3 Å². The number of ether oxygens (including phenoxy) is 1. The van der Waals surface area contributed by atoms with Crippen LogP contribution in [0.15, 0.2) is 53.0 Å².